The number of hydrogen-bond acceptors (Lipinski definition) is 4. The average Bonchev–Trinajstić information content (AvgIpc) is 3.19. The van der Waals surface area contributed by atoms with Crippen molar-refractivity contribution >= 4 is 5.97 Å². The van der Waals surface area contributed by atoms with Gasteiger partial charge in [0.25, 0.3) is 0 Å². The SMILES string of the molecule is CC(C)=CCC[C@H](C)[C@H]1C2=C(C(=O)O[C@@H]2O)[C@H]2C[C@H]2[C@H](C)C[C@H]1O. The third-order valence-electron chi connectivity index (χ3n) is 6.13. The molecule has 1 heterocycles. The molecule has 2 aliphatic carbocycles. The Morgan fingerprint density at radius 1 is 1.33 bits per heavy atom. The highest BCUT2D eigenvalue weighted by Crippen LogP contribution is 2.56. The molecule has 134 valence electrons. The molecule has 1 aliphatic heterocycles. The van der Waals surface area contributed by atoms with Gasteiger partial charge in [-0.2, -0.15) is 0 Å². The number of fused-ring (bicyclic) bond motifs is 2. The summed E-state index contributed by atoms with van der Waals surface area (Å²) in [5.74, 6) is 0.692. The van der Waals surface area contributed by atoms with E-state index in [4.69, 9.17) is 4.74 Å². The van der Waals surface area contributed by atoms with Crippen molar-refractivity contribution in [1.82, 2.24) is 0 Å². The Labute approximate surface area is 144 Å². The average molecular weight is 334 g/mol. The topological polar surface area (TPSA) is 66.8 Å². The van der Waals surface area contributed by atoms with E-state index in [-0.39, 0.29) is 23.7 Å². The van der Waals surface area contributed by atoms with Crippen LogP contribution in [-0.2, 0) is 9.53 Å². The van der Waals surface area contributed by atoms with E-state index in [2.05, 4.69) is 33.8 Å². The molecule has 0 amide bonds. The fraction of sp³-hybridized carbons (Fsp3) is 0.750. The second-order valence-corrected chi connectivity index (χ2v) is 8.27. The lowest BCUT2D eigenvalue weighted by molar-refractivity contribution is -0.153. The van der Waals surface area contributed by atoms with Crippen LogP contribution in [0.5, 0.6) is 0 Å². The van der Waals surface area contributed by atoms with Gasteiger partial charge in [-0.1, -0.05) is 25.5 Å². The van der Waals surface area contributed by atoms with Crippen LogP contribution in [0.25, 0.3) is 0 Å². The minimum atomic E-state index is -1.17. The Balaban J connectivity index is 1.91. The highest BCUT2D eigenvalue weighted by Gasteiger charge is 2.54. The summed E-state index contributed by atoms with van der Waals surface area (Å²) in [6.45, 7) is 8.45. The van der Waals surface area contributed by atoms with Crippen molar-refractivity contribution in [2.45, 2.75) is 65.8 Å². The van der Waals surface area contributed by atoms with Crippen LogP contribution in [0.3, 0.4) is 0 Å². The van der Waals surface area contributed by atoms with Crippen molar-refractivity contribution in [2.24, 2.45) is 29.6 Å². The fourth-order valence-corrected chi connectivity index (χ4v) is 4.77. The minimum Gasteiger partial charge on any atom is -0.428 e. The summed E-state index contributed by atoms with van der Waals surface area (Å²) in [6.07, 6.45) is 4.08. The predicted octanol–water partition coefficient (Wildman–Crippen LogP) is 3.19. The summed E-state index contributed by atoms with van der Waals surface area (Å²) in [4.78, 5) is 12.3. The number of esters is 1. The highest BCUT2D eigenvalue weighted by atomic mass is 16.6. The molecule has 0 bridgehead atoms. The van der Waals surface area contributed by atoms with Crippen molar-refractivity contribution in [1.29, 1.82) is 0 Å². The Hall–Kier alpha value is -1.13. The van der Waals surface area contributed by atoms with Gasteiger partial charge >= 0.3 is 5.97 Å². The van der Waals surface area contributed by atoms with E-state index in [0.29, 0.717) is 23.0 Å². The Bertz CT molecular complexity index is 572. The smallest absolute Gasteiger partial charge is 0.337 e. The first kappa shape index (κ1) is 17.7. The molecule has 0 unspecified atom stereocenters. The lowest BCUT2D eigenvalue weighted by Crippen LogP contribution is -2.35. The molecule has 2 N–H and O–H groups in total. The van der Waals surface area contributed by atoms with Crippen LogP contribution in [0.1, 0.15) is 53.4 Å². The summed E-state index contributed by atoms with van der Waals surface area (Å²) in [6, 6.07) is 0. The van der Waals surface area contributed by atoms with Crippen molar-refractivity contribution in [3.8, 4) is 0 Å². The number of aliphatic hydroxyl groups is 2. The maximum atomic E-state index is 12.3. The standard InChI is InChI=1S/C20H30O4/c1-10(2)6-5-7-11(3)16-15(21)8-12(4)13-9-14(13)17-18(16)20(23)24-19(17)22/h6,11-16,20-21,23H,5,7-9H2,1-4H3/t11-,12+,13-,14-,15+,16+,20-/m0/s1. The van der Waals surface area contributed by atoms with Crippen molar-refractivity contribution < 1.29 is 19.7 Å². The summed E-state index contributed by atoms with van der Waals surface area (Å²) in [5.41, 5.74) is 2.64. The first-order valence-corrected chi connectivity index (χ1v) is 9.25. The zero-order valence-electron chi connectivity index (χ0n) is 15.2. The van der Waals surface area contributed by atoms with Crippen LogP contribution < -0.4 is 0 Å². The van der Waals surface area contributed by atoms with Gasteiger partial charge in [0.15, 0.2) is 0 Å². The number of carbonyl (C=O) groups excluding carboxylic acids is 1. The molecule has 1 fully saturated rings. The van der Waals surface area contributed by atoms with Gasteiger partial charge in [0, 0.05) is 17.1 Å². The van der Waals surface area contributed by atoms with E-state index in [1.54, 1.807) is 0 Å². The van der Waals surface area contributed by atoms with Crippen LogP contribution >= 0.6 is 0 Å². The second-order valence-electron chi connectivity index (χ2n) is 8.27. The molecular formula is C20H30O4. The molecule has 24 heavy (non-hydrogen) atoms. The van der Waals surface area contributed by atoms with Gasteiger partial charge in [-0.3, -0.25) is 0 Å². The number of aliphatic hydroxyl groups excluding tert-OH is 2. The number of cyclic esters (lactones) is 1. The molecule has 0 aromatic rings. The Morgan fingerprint density at radius 2 is 2.04 bits per heavy atom. The molecule has 0 saturated heterocycles. The first-order chi connectivity index (χ1) is 11.3. The molecule has 0 aromatic carbocycles. The van der Waals surface area contributed by atoms with E-state index in [1.807, 2.05) is 0 Å². The molecule has 4 heteroatoms. The lowest BCUT2D eigenvalue weighted by atomic mass is 9.73. The van der Waals surface area contributed by atoms with E-state index in [0.717, 1.165) is 25.7 Å². The maximum Gasteiger partial charge on any atom is 0.337 e. The zero-order chi connectivity index (χ0) is 17.6. The van der Waals surface area contributed by atoms with Gasteiger partial charge in [0.1, 0.15) is 0 Å². The van der Waals surface area contributed by atoms with E-state index in [1.165, 1.54) is 5.57 Å². The molecule has 0 spiro atoms. The molecule has 0 radical (unpaired) electrons. The summed E-state index contributed by atoms with van der Waals surface area (Å²) < 4.78 is 5.14. The third kappa shape index (κ3) is 3.18. The number of allylic oxidation sites excluding steroid dienone is 2. The van der Waals surface area contributed by atoms with Crippen molar-refractivity contribution in [2.75, 3.05) is 0 Å². The van der Waals surface area contributed by atoms with Crippen molar-refractivity contribution in [3.05, 3.63) is 22.8 Å². The van der Waals surface area contributed by atoms with Gasteiger partial charge in [0.05, 0.1) is 6.10 Å². The lowest BCUT2D eigenvalue weighted by Gasteiger charge is -2.34. The molecule has 7 atom stereocenters. The van der Waals surface area contributed by atoms with Crippen molar-refractivity contribution in [3.63, 3.8) is 0 Å². The molecule has 0 aromatic heterocycles. The number of carbonyl (C=O) groups is 1. The van der Waals surface area contributed by atoms with Crippen LogP contribution in [0.2, 0.25) is 0 Å². The van der Waals surface area contributed by atoms with Crippen LogP contribution in [-0.4, -0.2) is 28.6 Å². The quantitative estimate of drug-likeness (QED) is 0.612. The largest absolute Gasteiger partial charge is 0.428 e. The Kier molecular flexibility index (Phi) is 4.89. The molecule has 4 nitrogen and oxygen atoms in total. The van der Waals surface area contributed by atoms with Gasteiger partial charge < -0.3 is 14.9 Å². The Morgan fingerprint density at radius 3 is 2.71 bits per heavy atom. The third-order valence-corrected chi connectivity index (χ3v) is 6.13. The summed E-state index contributed by atoms with van der Waals surface area (Å²) in [5, 5.41) is 21.2. The van der Waals surface area contributed by atoms with Crippen LogP contribution in [0.15, 0.2) is 22.8 Å². The zero-order valence-corrected chi connectivity index (χ0v) is 15.2. The van der Waals surface area contributed by atoms with Gasteiger partial charge in [-0.25, -0.2) is 4.79 Å². The van der Waals surface area contributed by atoms with E-state index >= 15 is 0 Å². The molecule has 1 saturated carbocycles. The summed E-state index contributed by atoms with van der Waals surface area (Å²) in [7, 11) is 0. The van der Waals surface area contributed by atoms with Gasteiger partial charge in [-0.05, 0) is 63.2 Å². The van der Waals surface area contributed by atoms with E-state index in [9.17, 15) is 15.0 Å². The normalized spacial score (nSPS) is 39.3. The second kappa shape index (κ2) is 6.64. The van der Waals surface area contributed by atoms with Crippen LogP contribution in [0, 0.1) is 29.6 Å². The molecule has 3 aliphatic rings. The van der Waals surface area contributed by atoms with Crippen LogP contribution in [0.4, 0.5) is 0 Å². The molecule has 3 rings (SSSR count). The minimum absolute atomic E-state index is 0.187. The summed E-state index contributed by atoms with van der Waals surface area (Å²) >= 11 is 0. The number of hydrogen-bond donors (Lipinski definition) is 2. The monoisotopic (exact) mass is 334 g/mol. The first-order valence-electron chi connectivity index (χ1n) is 9.25. The molecular weight excluding hydrogens is 304 g/mol. The van der Waals surface area contributed by atoms with E-state index < -0.39 is 12.4 Å². The van der Waals surface area contributed by atoms with Gasteiger partial charge in [0.2, 0.25) is 6.29 Å². The van der Waals surface area contributed by atoms with Gasteiger partial charge in [-0.15, -0.1) is 0 Å². The fourth-order valence-electron chi connectivity index (χ4n) is 4.77. The maximum absolute atomic E-state index is 12.3. The number of ether oxygens (including phenoxy) is 1. The predicted molar refractivity (Wildman–Crippen MR) is 91.8 cm³/mol. The number of rotatable bonds is 4. The highest BCUT2D eigenvalue weighted by molar-refractivity contribution is 5.93.